The zero-order valence-corrected chi connectivity index (χ0v) is 18.4. The monoisotopic (exact) mass is 448 g/mol. The van der Waals surface area contributed by atoms with Crippen LogP contribution in [-0.2, 0) is 14.3 Å². The quantitative estimate of drug-likeness (QED) is 0.596. The number of halogens is 2. The Morgan fingerprint density at radius 1 is 1.03 bits per heavy atom. The third-order valence-corrected chi connectivity index (χ3v) is 5.04. The van der Waals surface area contributed by atoms with Gasteiger partial charge in [0.2, 0.25) is 0 Å². The molecule has 0 atom stereocenters. The van der Waals surface area contributed by atoms with E-state index in [0.717, 1.165) is 4.90 Å². The summed E-state index contributed by atoms with van der Waals surface area (Å²) in [6, 6.07) is 11.8. The molecule has 30 heavy (non-hydrogen) atoms. The molecule has 158 valence electrons. The number of nitrogens with zero attached hydrogens (tertiary/aromatic N) is 1. The van der Waals surface area contributed by atoms with Crippen LogP contribution in [0.1, 0.15) is 19.4 Å². The highest BCUT2D eigenvalue weighted by atomic mass is 35.5. The average Bonchev–Trinajstić information content (AvgIpc) is 2.93. The summed E-state index contributed by atoms with van der Waals surface area (Å²) in [6.07, 6.45) is -0.00663. The normalized spacial score (nSPS) is 14.1. The van der Waals surface area contributed by atoms with Crippen molar-refractivity contribution in [3.63, 3.8) is 0 Å². The standard InChI is InChI=1S/C22H22Cl2N2O4/c1-13(2)30-11-10-26-21(27)19(17-9-4-14(23)12-18(17)24)20(22(26)28)25-15-5-7-16(29-3)8-6-15/h4-9,12-13,25H,10-11H2,1-3H3. The van der Waals surface area contributed by atoms with Gasteiger partial charge in [-0.1, -0.05) is 29.3 Å². The summed E-state index contributed by atoms with van der Waals surface area (Å²) in [5.74, 6) is -0.200. The van der Waals surface area contributed by atoms with E-state index in [0.29, 0.717) is 22.0 Å². The minimum Gasteiger partial charge on any atom is -0.497 e. The number of benzene rings is 2. The van der Waals surface area contributed by atoms with Crippen molar-refractivity contribution >= 4 is 46.3 Å². The lowest BCUT2D eigenvalue weighted by atomic mass is 10.0. The topological polar surface area (TPSA) is 67.9 Å². The Hall–Kier alpha value is -2.54. The number of imide groups is 1. The average molecular weight is 449 g/mol. The number of methoxy groups -OCH3 is 1. The van der Waals surface area contributed by atoms with Crippen molar-refractivity contribution in [3.8, 4) is 5.75 Å². The van der Waals surface area contributed by atoms with Gasteiger partial charge in [0.05, 0.1) is 37.0 Å². The smallest absolute Gasteiger partial charge is 0.278 e. The van der Waals surface area contributed by atoms with E-state index < -0.39 is 11.8 Å². The van der Waals surface area contributed by atoms with E-state index in [9.17, 15) is 9.59 Å². The summed E-state index contributed by atoms with van der Waals surface area (Å²) in [5.41, 5.74) is 1.42. The zero-order chi connectivity index (χ0) is 21.8. The Morgan fingerprint density at radius 2 is 1.73 bits per heavy atom. The Morgan fingerprint density at radius 3 is 2.33 bits per heavy atom. The van der Waals surface area contributed by atoms with Crippen LogP contribution in [0.4, 0.5) is 5.69 Å². The summed E-state index contributed by atoms with van der Waals surface area (Å²) in [7, 11) is 1.57. The predicted molar refractivity (Wildman–Crippen MR) is 118 cm³/mol. The number of ether oxygens (including phenoxy) is 2. The third-order valence-electron chi connectivity index (χ3n) is 4.49. The molecule has 0 radical (unpaired) electrons. The van der Waals surface area contributed by atoms with E-state index in [1.165, 1.54) is 0 Å². The molecule has 0 aliphatic carbocycles. The van der Waals surface area contributed by atoms with Crippen molar-refractivity contribution in [2.45, 2.75) is 20.0 Å². The van der Waals surface area contributed by atoms with Crippen LogP contribution in [0.15, 0.2) is 48.2 Å². The summed E-state index contributed by atoms with van der Waals surface area (Å²) in [6.45, 7) is 4.16. The molecule has 0 bridgehead atoms. The number of rotatable bonds is 8. The molecule has 0 aromatic heterocycles. The Labute approximate surface area is 185 Å². The molecule has 0 saturated carbocycles. The highest BCUT2D eigenvalue weighted by Crippen LogP contribution is 2.35. The van der Waals surface area contributed by atoms with Crippen molar-refractivity contribution in [1.29, 1.82) is 0 Å². The van der Waals surface area contributed by atoms with Crippen LogP contribution in [0.2, 0.25) is 10.0 Å². The van der Waals surface area contributed by atoms with E-state index in [1.807, 2.05) is 13.8 Å². The van der Waals surface area contributed by atoms with Crippen molar-refractivity contribution < 1.29 is 19.1 Å². The second kappa shape index (κ2) is 9.51. The van der Waals surface area contributed by atoms with Crippen molar-refractivity contribution in [2.75, 3.05) is 25.6 Å². The molecule has 6 nitrogen and oxygen atoms in total. The van der Waals surface area contributed by atoms with Crippen LogP contribution in [-0.4, -0.2) is 43.1 Å². The van der Waals surface area contributed by atoms with Gasteiger partial charge in [-0.2, -0.15) is 0 Å². The Balaban J connectivity index is 1.98. The SMILES string of the molecule is COc1ccc(NC2=C(c3ccc(Cl)cc3Cl)C(=O)N(CCOC(C)C)C2=O)cc1. The van der Waals surface area contributed by atoms with E-state index >= 15 is 0 Å². The van der Waals surface area contributed by atoms with Gasteiger partial charge in [-0.25, -0.2) is 0 Å². The van der Waals surface area contributed by atoms with Crippen LogP contribution in [0.3, 0.4) is 0 Å². The molecule has 1 heterocycles. The lowest BCUT2D eigenvalue weighted by molar-refractivity contribution is -0.137. The van der Waals surface area contributed by atoms with Gasteiger partial charge in [-0.15, -0.1) is 0 Å². The third kappa shape index (κ3) is 4.78. The first-order chi connectivity index (χ1) is 14.3. The largest absolute Gasteiger partial charge is 0.497 e. The predicted octanol–water partition coefficient (Wildman–Crippen LogP) is 4.62. The second-order valence-electron chi connectivity index (χ2n) is 6.91. The van der Waals surface area contributed by atoms with Crippen LogP contribution < -0.4 is 10.1 Å². The molecule has 1 N–H and O–H groups in total. The first-order valence-electron chi connectivity index (χ1n) is 9.40. The molecule has 3 rings (SSSR count). The van der Waals surface area contributed by atoms with Gasteiger partial charge < -0.3 is 14.8 Å². The molecule has 2 aromatic carbocycles. The molecular weight excluding hydrogens is 427 g/mol. The zero-order valence-electron chi connectivity index (χ0n) is 16.9. The summed E-state index contributed by atoms with van der Waals surface area (Å²) >= 11 is 12.4. The van der Waals surface area contributed by atoms with Gasteiger partial charge >= 0.3 is 0 Å². The molecule has 0 fully saturated rings. The maximum absolute atomic E-state index is 13.2. The van der Waals surface area contributed by atoms with Crippen LogP contribution in [0, 0.1) is 0 Å². The van der Waals surface area contributed by atoms with Crippen molar-refractivity contribution in [1.82, 2.24) is 4.90 Å². The van der Waals surface area contributed by atoms with Gasteiger partial charge in [0.1, 0.15) is 11.4 Å². The van der Waals surface area contributed by atoms with E-state index in [1.54, 1.807) is 49.6 Å². The van der Waals surface area contributed by atoms with Gasteiger partial charge in [-0.05, 0) is 50.2 Å². The van der Waals surface area contributed by atoms with Crippen LogP contribution >= 0.6 is 23.2 Å². The number of carbonyl (C=O) groups is 2. The number of anilines is 1. The molecule has 0 spiro atoms. The lowest BCUT2D eigenvalue weighted by Gasteiger charge is -2.16. The van der Waals surface area contributed by atoms with Gasteiger partial charge in [0.15, 0.2) is 0 Å². The molecule has 0 saturated heterocycles. The molecule has 8 heteroatoms. The number of nitrogens with one attached hydrogen (secondary N) is 1. The van der Waals surface area contributed by atoms with Gasteiger partial charge in [0, 0.05) is 16.3 Å². The maximum Gasteiger partial charge on any atom is 0.278 e. The first-order valence-corrected chi connectivity index (χ1v) is 10.2. The van der Waals surface area contributed by atoms with Crippen LogP contribution in [0.5, 0.6) is 5.75 Å². The minimum absolute atomic E-state index is 0.00663. The first kappa shape index (κ1) is 22.2. The van der Waals surface area contributed by atoms with Crippen molar-refractivity contribution in [2.24, 2.45) is 0 Å². The molecule has 1 aliphatic rings. The number of carbonyl (C=O) groups excluding carboxylic acids is 2. The van der Waals surface area contributed by atoms with Crippen molar-refractivity contribution in [3.05, 3.63) is 63.8 Å². The van der Waals surface area contributed by atoms with Gasteiger partial charge in [0.25, 0.3) is 11.8 Å². The fraction of sp³-hybridized carbons (Fsp3) is 0.273. The van der Waals surface area contributed by atoms with E-state index in [4.69, 9.17) is 32.7 Å². The van der Waals surface area contributed by atoms with E-state index in [2.05, 4.69) is 5.32 Å². The Kier molecular flexibility index (Phi) is 7.02. The second-order valence-corrected chi connectivity index (χ2v) is 7.75. The summed E-state index contributed by atoms with van der Waals surface area (Å²) < 4.78 is 10.7. The lowest BCUT2D eigenvalue weighted by Crippen LogP contribution is -2.35. The highest BCUT2D eigenvalue weighted by molar-refractivity contribution is 6.41. The molecule has 2 aromatic rings. The maximum atomic E-state index is 13.2. The molecule has 2 amide bonds. The number of amides is 2. The highest BCUT2D eigenvalue weighted by Gasteiger charge is 2.39. The summed E-state index contributed by atoms with van der Waals surface area (Å²) in [4.78, 5) is 27.4. The Bertz CT molecular complexity index is 987. The fourth-order valence-electron chi connectivity index (χ4n) is 3.04. The minimum atomic E-state index is -0.441. The summed E-state index contributed by atoms with van der Waals surface area (Å²) in [5, 5.41) is 3.79. The fourth-order valence-corrected chi connectivity index (χ4v) is 3.54. The molecule has 0 unspecified atom stereocenters. The molecule has 1 aliphatic heterocycles. The number of hydrogen-bond acceptors (Lipinski definition) is 5. The number of hydrogen-bond donors (Lipinski definition) is 1. The molecular formula is C22H22Cl2N2O4. The van der Waals surface area contributed by atoms with Crippen LogP contribution in [0.25, 0.3) is 5.57 Å². The van der Waals surface area contributed by atoms with Gasteiger partial charge in [-0.3, -0.25) is 14.5 Å². The van der Waals surface area contributed by atoms with E-state index in [-0.39, 0.29) is 35.5 Å².